The maximum atomic E-state index is 9.16. The molecule has 2 aromatic carbocycles. The van der Waals surface area contributed by atoms with Gasteiger partial charge < -0.3 is 9.64 Å². The minimum Gasteiger partial charge on any atom is -0.494 e. The Morgan fingerprint density at radius 3 is 2.58 bits per heavy atom. The van der Waals surface area contributed by atoms with Gasteiger partial charge in [-0.25, -0.2) is 0 Å². The van der Waals surface area contributed by atoms with Gasteiger partial charge in [0.2, 0.25) is 0 Å². The number of nitriles is 1. The molecule has 0 radical (unpaired) electrons. The van der Waals surface area contributed by atoms with Crippen molar-refractivity contribution in [2.24, 2.45) is 0 Å². The molecule has 3 aliphatic rings. The fraction of sp³-hybridized carbons (Fsp3) is 0.519. The molecule has 0 aliphatic carbocycles. The van der Waals surface area contributed by atoms with Gasteiger partial charge in [0.05, 0.1) is 18.2 Å². The van der Waals surface area contributed by atoms with Crippen LogP contribution in [0, 0.1) is 11.3 Å². The topological polar surface area (TPSA) is 39.5 Å². The second-order valence-corrected chi connectivity index (χ2v) is 9.33. The van der Waals surface area contributed by atoms with Gasteiger partial charge in [-0.3, -0.25) is 4.90 Å². The summed E-state index contributed by atoms with van der Waals surface area (Å²) in [5.74, 6) is 1.34. The van der Waals surface area contributed by atoms with Crippen LogP contribution in [0.1, 0.15) is 72.7 Å². The van der Waals surface area contributed by atoms with Crippen molar-refractivity contribution < 1.29 is 4.74 Å². The van der Waals surface area contributed by atoms with Crippen LogP contribution in [0.25, 0.3) is 0 Å². The molecule has 31 heavy (non-hydrogen) atoms. The van der Waals surface area contributed by atoms with E-state index in [0.29, 0.717) is 12.0 Å². The summed E-state index contributed by atoms with van der Waals surface area (Å²) in [6, 6.07) is 17.8. The minimum atomic E-state index is 0.342. The van der Waals surface area contributed by atoms with Gasteiger partial charge in [-0.1, -0.05) is 24.6 Å². The van der Waals surface area contributed by atoms with Crippen LogP contribution in [-0.4, -0.2) is 49.1 Å². The summed E-state index contributed by atoms with van der Waals surface area (Å²) < 4.78 is 6.21. The fourth-order valence-electron chi connectivity index (χ4n) is 5.71. The van der Waals surface area contributed by atoms with Crippen LogP contribution in [0.2, 0.25) is 0 Å². The lowest BCUT2D eigenvalue weighted by Gasteiger charge is -2.37. The lowest BCUT2D eigenvalue weighted by molar-refractivity contribution is 0.204. The molecule has 0 saturated carbocycles. The standard InChI is InChI=1S/C27H33N3O/c28-19-21-7-9-22(10-8-21)26-20-30-16-4-6-27(30)24-12-11-23(18-25(24)26)31-17-5-15-29-13-2-1-3-14-29/h7-12,18,26-27H,1-6,13-17,20H2. The van der Waals surface area contributed by atoms with Crippen molar-refractivity contribution in [3.05, 3.63) is 64.7 Å². The van der Waals surface area contributed by atoms with Crippen LogP contribution >= 0.6 is 0 Å². The Morgan fingerprint density at radius 1 is 0.935 bits per heavy atom. The molecule has 0 bridgehead atoms. The summed E-state index contributed by atoms with van der Waals surface area (Å²) in [7, 11) is 0. The summed E-state index contributed by atoms with van der Waals surface area (Å²) in [4.78, 5) is 5.22. The molecule has 4 nitrogen and oxygen atoms in total. The minimum absolute atomic E-state index is 0.342. The zero-order valence-electron chi connectivity index (χ0n) is 18.4. The molecule has 3 aliphatic heterocycles. The first-order chi connectivity index (χ1) is 15.3. The summed E-state index contributed by atoms with van der Waals surface area (Å²) in [6.45, 7) is 6.68. The number of ether oxygens (including phenoxy) is 1. The summed E-state index contributed by atoms with van der Waals surface area (Å²) in [5, 5.41) is 9.16. The molecule has 0 spiro atoms. The summed E-state index contributed by atoms with van der Waals surface area (Å²) >= 11 is 0. The lowest BCUT2D eigenvalue weighted by Crippen LogP contribution is -2.34. The average molecular weight is 416 g/mol. The van der Waals surface area contributed by atoms with E-state index in [-0.39, 0.29) is 0 Å². The van der Waals surface area contributed by atoms with Crippen LogP contribution in [0.4, 0.5) is 0 Å². The molecule has 162 valence electrons. The number of nitrogens with zero attached hydrogens (tertiary/aromatic N) is 3. The van der Waals surface area contributed by atoms with Crippen molar-refractivity contribution in [3.8, 4) is 11.8 Å². The number of fused-ring (bicyclic) bond motifs is 3. The van der Waals surface area contributed by atoms with Crippen molar-refractivity contribution in [2.75, 3.05) is 39.3 Å². The van der Waals surface area contributed by atoms with Gasteiger partial charge in [-0.05, 0) is 92.7 Å². The van der Waals surface area contributed by atoms with E-state index in [2.05, 4.69) is 46.2 Å². The van der Waals surface area contributed by atoms with E-state index < -0.39 is 0 Å². The third kappa shape index (κ3) is 4.49. The van der Waals surface area contributed by atoms with Crippen molar-refractivity contribution in [2.45, 2.75) is 50.5 Å². The third-order valence-electron chi connectivity index (χ3n) is 7.35. The number of hydrogen-bond acceptors (Lipinski definition) is 4. The molecule has 5 rings (SSSR count). The SMILES string of the molecule is N#Cc1ccc(C2CN3CCCC3c3ccc(OCCCN4CCCCC4)cc32)cc1. The van der Waals surface area contributed by atoms with E-state index >= 15 is 0 Å². The van der Waals surface area contributed by atoms with E-state index in [0.717, 1.165) is 37.4 Å². The molecular weight excluding hydrogens is 382 g/mol. The first kappa shape index (κ1) is 20.5. The number of rotatable bonds is 6. The first-order valence-electron chi connectivity index (χ1n) is 12.0. The summed E-state index contributed by atoms with van der Waals surface area (Å²) in [6.07, 6.45) is 7.71. The van der Waals surface area contributed by atoms with Crippen LogP contribution in [0.3, 0.4) is 0 Å². The van der Waals surface area contributed by atoms with E-state index in [1.165, 1.54) is 68.4 Å². The normalized spacial score (nSPS) is 23.7. The Bertz CT molecular complexity index is 926. The molecule has 4 heteroatoms. The molecule has 2 saturated heterocycles. The van der Waals surface area contributed by atoms with Crippen molar-refractivity contribution in [3.63, 3.8) is 0 Å². The molecular formula is C27H33N3O. The van der Waals surface area contributed by atoms with Crippen molar-refractivity contribution in [1.82, 2.24) is 9.80 Å². The largest absolute Gasteiger partial charge is 0.494 e. The third-order valence-corrected chi connectivity index (χ3v) is 7.35. The van der Waals surface area contributed by atoms with Crippen LogP contribution in [0.15, 0.2) is 42.5 Å². The molecule has 0 aromatic heterocycles. The Labute approximate surface area is 186 Å². The quantitative estimate of drug-likeness (QED) is 0.616. The molecule has 3 heterocycles. The van der Waals surface area contributed by atoms with Gasteiger partial charge >= 0.3 is 0 Å². The average Bonchev–Trinajstić information content (AvgIpc) is 3.31. The van der Waals surface area contributed by atoms with Crippen molar-refractivity contribution in [1.29, 1.82) is 5.26 Å². The number of piperidine rings is 1. The van der Waals surface area contributed by atoms with E-state index in [9.17, 15) is 0 Å². The van der Waals surface area contributed by atoms with Gasteiger partial charge in [0.1, 0.15) is 5.75 Å². The maximum Gasteiger partial charge on any atom is 0.119 e. The van der Waals surface area contributed by atoms with E-state index in [1.54, 1.807) is 0 Å². The van der Waals surface area contributed by atoms with Crippen molar-refractivity contribution >= 4 is 0 Å². The Morgan fingerprint density at radius 2 is 1.77 bits per heavy atom. The number of likely N-dealkylation sites (tertiary alicyclic amines) is 1. The Balaban J connectivity index is 1.31. The molecule has 2 unspecified atom stereocenters. The molecule has 0 amide bonds. The maximum absolute atomic E-state index is 9.16. The van der Waals surface area contributed by atoms with Gasteiger partial charge in [-0.2, -0.15) is 5.26 Å². The van der Waals surface area contributed by atoms with Crippen LogP contribution in [-0.2, 0) is 0 Å². The predicted octanol–water partition coefficient (Wildman–Crippen LogP) is 5.10. The summed E-state index contributed by atoms with van der Waals surface area (Å²) in [5.41, 5.74) is 4.91. The van der Waals surface area contributed by atoms with Crippen LogP contribution < -0.4 is 4.74 Å². The van der Waals surface area contributed by atoms with E-state index in [4.69, 9.17) is 10.00 Å². The fourth-order valence-corrected chi connectivity index (χ4v) is 5.71. The van der Waals surface area contributed by atoms with E-state index in [1.807, 2.05) is 12.1 Å². The monoisotopic (exact) mass is 415 g/mol. The Hall–Kier alpha value is -2.35. The second kappa shape index (κ2) is 9.42. The lowest BCUT2D eigenvalue weighted by atomic mass is 9.81. The second-order valence-electron chi connectivity index (χ2n) is 9.33. The highest BCUT2D eigenvalue weighted by atomic mass is 16.5. The Kier molecular flexibility index (Phi) is 6.25. The highest BCUT2D eigenvalue weighted by Gasteiger charge is 2.36. The van der Waals surface area contributed by atoms with Crippen LogP contribution in [0.5, 0.6) is 5.75 Å². The highest BCUT2D eigenvalue weighted by Crippen LogP contribution is 2.45. The molecule has 2 fully saturated rings. The highest BCUT2D eigenvalue weighted by molar-refractivity contribution is 5.47. The molecule has 2 atom stereocenters. The number of benzene rings is 2. The zero-order valence-corrected chi connectivity index (χ0v) is 18.4. The molecule has 2 aromatic rings. The first-order valence-corrected chi connectivity index (χ1v) is 12.0. The smallest absolute Gasteiger partial charge is 0.119 e. The zero-order chi connectivity index (χ0) is 21.0. The van der Waals surface area contributed by atoms with Gasteiger partial charge in [0.15, 0.2) is 0 Å². The van der Waals surface area contributed by atoms with Gasteiger partial charge in [0.25, 0.3) is 0 Å². The number of hydrogen-bond donors (Lipinski definition) is 0. The van der Waals surface area contributed by atoms with Gasteiger partial charge in [-0.15, -0.1) is 0 Å². The van der Waals surface area contributed by atoms with Gasteiger partial charge in [0, 0.05) is 25.0 Å². The predicted molar refractivity (Wildman–Crippen MR) is 123 cm³/mol. The molecule has 0 N–H and O–H groups in total.